The summed E-state index contributed by atoms with van der Waals surface area (Å²) in [5.41, 5.74) is 7.98. The molecule has 1 heterocycles. The number of halogens is 1. The van der Waals surface area contributed by atoms with Crippen molar-refractivity contribution in [3.05, 3.63) is 5.73 Å². The number of fused-ring (bicyclic) bond motifs is 2. The number of hydrogen-bond acceptors (Lipinski definition) is 1. The van der Waals surface area contributed by atoms with Crippen LogP contribution in [-0.4, -0.2) is 26.7 Å². The van der Waals surface area contributed by atoms with Gasteiger partial charge in [-0.05, 0) is 0 Å². The Labute approximate surface area is 79.1 Å². The number of alkyl halides is 1. The Morgan fingerprint density at radius 1 is 1.45 bits per heavy atom. The van der Waals surface area contributed by atoms with Crippen LogP contribution in [0.25, 0.3) is 5.73 Å². The summed E-state index contributed by atoms with van der Waals surface area (Å²) in [6.45, 7) is 1.22. The number of rotatable bonds is 0. The third-order valence-electron chi connectivity index (χ3n) is 2.73. The van der Waals surface area contributed by atoms with Crippen molar-refractivity contribution in [2.75, 3.05) is 13.6 Å². The molecule has 2 bridgehead atoms. The van der Waals surface area contributed by atoms with E-state index in [9.17, 15) is 0 Å². The van der Waals surface area contributed by atoms with E-state index in [-0.39, 0.29) is 21.5 Å². The van der Waals surface area contributed by atoms with Gasteiger partial charge in [-0.25, -0.2) is 0 Å². The maximum absolute atomic E-state index is 7.98. The van der Waals surface area contributed by atoms with Crippen molar-refractivity contribution in [3.8, 4) is 0 Å². The summed E-state index contributed by atoms with van der Waals surface area (Å²) < 4.78 is 3.31. The number of hydrogen-bond donors (Lipinski definition) is 0. The monoisotopic (exact) mass is 266 g/mol. The van der Waals surface area contributed by atoms with Crippen molar-refractivity contribution in [1.82, 2.24) is 3.11 Å². The molecule has 2 fully saturated rings. The van der Waals surface area contributed by atoms with Gasteiger partial charge in [-0.2, -0.15) is 0 Å². The molecule has 3 atom stereocenters. The van der Waals surface area contributed by atoms with Crippen molar-refractivity contribution < 1.29 is 21.5 Å². The molecule has 1 saturated heterocycles. The van der Waals surface area contributed by atoms with E-state index < -0.39 is 0 Å². The first kappa shape index (κ1) is 8.26. The second-order valence-electron chi connectivity index (χ2n) is 3.62. The summed E-state index contributed by atoms with van der Waals surface area (Å²) in [7, 11) is 2.24. The summed E-state index contributed by atoms with van der Waals surface area (Å²) in [6, 6.07) is 0.313. The van der Waals surface area contributed by atoms with Crippen LogP contribution < -0.4 is 21.5 Å². The average molecular weight is 266 g/mol. The fourth-order valence-electron chi connectivity index (χ4n) is 2.12. The van der Waals surface area contributed by atoms with Crippen LogP contribution in [0.15, 0.2) is 0 Å². The van der Waals surface area contributed by atoms with Gasteiger partial charge in [0.05, 0.1) is 0 Å². The molecule has 2 aliphatic rings. The Morgan fingerprint density at radius 3 is 3.00 bits per heavy atom. The Kier molecular flexibility index (Phi) is 2.39. The fraction of sp³-hybridized carbons (Fsp3) is 1.00. The van der Waals surface area contributed by atoms with Crippen LogP contribution in [-0.2, 0) is 0 Å². The van der Waals surface area contributed by atoms with Crippen LogP contribution in [0, 0.1) is 5.92 Å². The van der Waals surface area contributed by atoms with Crippen LogP contribution in [0.3, 0.4) is 0 Å². The number of nitrogens with zero attached hydrogens (tertiary/aromatic N) is 1. The second kappa shape index (κ2) is 3.18. The van der Waals surface area contributed by atoms with E-state index in [1.165, 1.54) is 25.8 Å². The first-order chi connectivity index (χ1) is 5.27. The molecular weight excluding hydrogens is 251 g/mol. The van der Waals surface area contributed by atoms with E-state index in [0.717, 1.165) is 3.92 Å². The Bertz CT molecular complexity index is 137. The van der Waals surface area contributed by atoms with Gasteiger partial charge in [-0.3, -0.25) is 0 Å². The Morgan fingerprint density at radius 2 is 2.27 bits per heavy atom. The summed E-state index contributed by atoms with van der Waals surface area (Å²) in [6.07, 6.45) is 4.07. The number of nitrogens with one attached hydrogen (secondary N) is 1. The molecule has 0 spiro atoms. The normalized spacial score (nSPS) is 46.5. The quantitative estimate of drug-likeness (QED) is 0.299. The summed E-state index contributed by atoms with van der Waals surface area (Å²) >= 11 is 0.216. The summed E-state index contributed by atoms with van der Waals surface area (Å²) in [4.78, 5) is 0. The minimum absolute atomic E-state index is 0.216. The third kappa shape index (κ3) is 1.55. The van der Waals surface area contributed by atoms with Crippen LogP contribution in [0.5, 0.6) is 0 Å². The Balaban J connectivity index is 2.07. The zero-order chi connectivity index (χ0) is 7.84. The summed E-state index contributed by atoms with van der Waals surface area (Å²) in [5.74, 6) is 0.715. The van der Waals surface area contributed by atoms with Crippen LogP contribution in [0.4, 0.5) is 0 Å². The molecule has 0 aromatic rings. The zero-order valence-corrected chi connectivity index (χ0v) is 9.04. The first-order valence-electron chi connectivity index (χ1n) is 4.33. The molecule has 3 heteroatoms. The van der Waals surface area contributed by atoms with E-state index in [4.69, 9.17) is 5.73 Å². The van der Waals surface area contributed by atoms with Gasteiger partial charge in [0.15, 0.2) is 0 Å². The van der Waals surface area contributed by atoms with Gasteiger partial charge < -0.3 is 0 Å². The standard InChI is InChI=1S/C8H15IN2/c1-11-5-6-3-2-4-7(9-11)8(6)10/h6-8,10H,2-5H2,1H3/q-2. The molecule has 0 radical (unpaired) electrons. The van der Waals surface area contributed by atoms with Crippen molar-refractivity contribution in [3.63, 3.8) is 0 Å². The van der Waals surface area contributed by atoms with Crippen LogP contribution in [0.2, 0.25) is 0 Å². The third-order valence-corrected chi connectivity index (χ3v) is 6.19. The van der Waals surface area contributed by atoms with Crippen molar-refractivity contribution in [2.45, 2.75) is 29.2 Å². The van der Waals surface area contributed by atoms with Gasteiger partial charge in [0.1, 0.15) is 0 Å². The van der Waals surface area contributed by atoms with Gasteiger partial charge >= 0.3 is 79.1 Å². The van der Waals surface area contributed by atoms with E-state index in [1.54, 1.807) is 0 Å². The molecule has 1 aliphatic carbocycles. The average Bonchev–Trinajstić information content (AvgIpc) is 1.92. The van der Waals surface area contributed by atoms with Crippen LogP contribution >= 0.6 is 0 Å². The van der Waals surface area contributed by atoms with E-state index in [0.29, 0.717) is 12.0 Å². The molecule has 2 nitrogen and oxygen atoms in total. The fourth-order valence-corrected chi connectivity index (χ4v) is 5.73. The molecule has 0 aromatic carbocycles. The van der Waals surface area contributed by atoms with Crippen molar-refractivity contribution >= 4 is 0 Å². The molecular formula is C8H15IN2-2. The topological polar surface area (TPSA) is 27.0 Å². The maximum atomic E-state index is 7.98. The zero-order valence-electron chi connectivity index (χ0n) is 6.89. The Hall–Kier alpha value is 0.650. The molecule has 66 valence electrons. The molecule has 1 aliphatic heterocycles. The summed E-state index contributed by atoms with van der Waals surface area (Å²) in [5, 5.41) is 0. The molecule has 11 heavy (non-hydrogen) atoms. The van der Waals surface area contributed by atoms with E-state index >= 15 is 0 Å². The molecule has 1 saturated carbocycles. The molecule has 1 N–H and O–H groups in total. The van der Waals surface area contributed by atoms with E-state index in [2.05, 4.69) is 10.2 Å². The van der Waals surface area contributed by atoms with Gasteiger partial charge in [-0.15, -0.1) is 0 Å². The molecule has 3 unspecified atom stereocenters. The van der Waals surface area contributed by atoms with Gasteiger partial charge in [-0.1, -0.05) is 0 Å². The SMILES string of the molecule is CN1CC2CCCC([I-]1)C2[NH-]. The molecule has 0 amide bonds. The van der Waals surface area contributed by atoms with Gasteiger partial charge in [0.2, 0.25) is 0 Å². The van der Waals surface area contributed by atoms with Gasteiger partial charge in [0.25, 0.3) is 0 Å². The second-order valence-corrected chi connectivity index (χ2v) is 7.42. The predicted octanol–water partition coefficient (Wildman–Crippen LogP) is -1.47. The molecule has 0 aromatic heterocycles. The molecule has 2 rings (SSSR count). The first-order valence-corrected chi connectivity index (χ1v) is 6.54. The predicted molar refractivity (Wildman–Crippen MR) is 41.9 cm³/mol. The minimum atomic E-state index is 0.216. The van der Waals surface area contributed by atoms with Crippen molar-refractivity contribution in [2.24, 2.45) is 5.92 Å². The van der Waals surface area contributed by atoms with E-state index in [1.807, 2.05) is 0 Å². The van der Waals surface area contributed by atoms with Gasteiger partial charge in [0, 0.05) is 0 Å². The van der Waals surface area contributed by atoms with Crippen molar-refractivity contribution in [1.29, 1.82) is 0 Å². The van der Waals surface area contributed by atoms with Crippen LogP contribution in [0.1, 0.15) is 19.3 Å².